The van der Waals surface area contributed by atoms with Crippen LogP contribution in [0, 0.1) is 0 Å². The van der Waals surface area contributed by atoms with Crippen molar-refractivity contribution in [3.63, 3.8) is 0 Å². The topological polar surface area (TPSA) is 32.3 Å². The molecule has 1 spiro atoms. The largest absolute Gasteiger partial charge is 0.387 e. The smallest absolute Gasteiger partial charge is 0.0906 e. The van der Waals surface area contributed by atoms with Crippen LogP contribution in [0.1, 0.15) is 12.8 Å². The number of nitrogens with one attached hydrogen (secondary N) is 1. The lowest BCUT2D eigenvalue weighted by Gasteiger charge is -2.42. The summed E-state index contributed by atoms with van der Waals surface area (Å²) in [4.78, 5) is 0. The van der Waals surface area contributed by atoms with E-state index in [1.807, 2.05) is 6.08 Å². The first-order valence-electron chi connectivity index (χ1n) is 3.43. The molecule has 2 N–H and O–H groups in total. The second-order valence-corrected chi connectivity index (χ2v) is 2.91. The van der Waals surface area contributed by atoms with Crippen molar-refractivity contribution >= 4 is 0 Å². The maximum absolute atomic E-state index is 9.35. The molecule has 9 heavy (non-hydrogen) atoms. The van der Waals surface area contributed by atoms with Crippen LogP contribution in [0.15, 0.2) is 12.2 Å². The predicted octanol–water partition coefficient (Wildman–Crippen LogP) is 0.0393. The van der Waals surface area contributed by atoms with Crippen LogP contribution >= 0.6 is 0 Å². The number of rotatable bonds is 0. The van der Waals surface area contributed by atoms with Crippen LogP contribution in [-0.2, 0) is 0 Å². The van der Waals surface area contributed by atoms with Crippen LogP contribution in [0.2, 0.25) is 0 Å². The van der Waals surface area contributed by atoms with Crippen LogP contribution in [0.5, 0.6) is 0 Å². The molecule has 2 heteroatoms. The fourth-order valence-electron chi connectivity index (χ4n) is 1.58. The molecule has 50 valence electrons. The third-order valence-electron chi connectivity index (χ3n) is 2.41. The van der Waals surface area contributed by atoms with Gasteiger partial charge in [0.15, 0.2) is 0 Å². The summed E-state index contributed by atoms with van der Waals surface area (Å²) in [5.74, 6) is 0. The number of hydrogen-bond donors (Lipinski definition) is 2. The molecule has 0 unspecified atom stereocenters. The normalized spacial score (nSPS) is 47.9. The summed E-state index contributed by atoms with van der Waals surface area (Å²) in [5, 5.41) is 12.6. The van der Waals surface area contributed by atoms with Gasteiger partial charge in [0.25, 0.3) is 0 Å². The summed E-state index contributed by atoms with van der Waals surface area (Å²) in [6.07, 6.45) is 5.84. The van der Waals surface area contributed by atoms with Gasteiger partial charge in [-0.25, -0.2) is 0 Å². The zero-order valence-corrected chi connectivity index (χ0v) is 5.30. The average Bonchev–Trinajstić information content (AvgIpc) is 2.07. The number of aliphatic hydroxyl groups is 1. The molecule has 1 aliphatic carbocycles. The molecule has 1 fully saturated rings. The van der Waals surface area contributed by atoms with Gasteiger partial charge in [-0.15, -0.1) is 0 Å². The fraction of sp³-hybridized carbons (Fsp3) is 0.714. The van der Waals surface area contributed by atoms with E-state index < -0.39 is 0 Å². The van der Waals surface area contributed by atoms with E-state index in [1.165, 1.54) is 0 Å². The Hall–Kier alpha value is -0.340. The van der Waals surface area contributed by atoms with Crippen LogP contribution in [0.25, 0.3) is 0 Å². The van der Waals surface area contributed by atoms with Crippen LogP contribution in [0.4, 0.5) is 0 Å². The summed E-state index contributed by atoms with van der Waals surface area (Å²) >= 11 is 0. The van der Waals surface area contributed by atoms with Gasteiger partial charge in [0.05, 0.1) is 11.6 Å². The maximum atomic E-state index is 9.35. The SMILES string of the molecule is O[C@H]1C=CC[C@@]12CCN2. The molecule has 0 amide bonds. The minimum Gasteiger partial charge on any atom is -0.387 e. The number of aliphatic hydroxyl groups excluding tert-OH is 1. The first-order valence-corrected chi connectivity index (χ1v) is 3.43. The minimum atomic E-state index is -0.230. The highest BCUT2D eigenvalue weighted by atomic mass is 16.3. The zero-order chi connectivity index (χ0) is 6.32. The van der Waals surface area contributed by atoms with E-state index in [9.17, 15) is 5.11 Å². The number of hydrogen-bond acceptors (Lipinski definition) is 2. The average molecular weight is 125 g/mol. The van der Waals surface area contributed by atoms with Gasteiger partial charge in [-0.05, 0) is 19.4 Å². The second-order valence-electron chi connectivity index (χ2n) is 2.91. The molecule has 0 aromatic carbocycles. The molecular weight excluding hydrogens is 114 g/mol. The van der Waals surface area contributed by atoms with Crippen molar-refractivity contribution in [2.45, 2.75) is 24.5 Å². The molecule has 0 aromatic heterocycles. The highest BCUT2D eigenvalue weighted by Gasteiger charge is 2.43. The second kappa shape index (κ2) is 1.58. The Morgan fingerprint density at radius 1 is 1.67 bits per heavy atom. The summed E-state index contributed by atoms with van der Waals surface area (Å²) in [6, 6.07) is 0. The van der Waals surface area contributed by atoms with E-state index in [1.54, 1.807) is 0 Å². The molecule has 1 saturated heterocycles. The summed E-state index contributed by atoms with van der Waals surface area (Å²) in [5.41, 5.74) is 0.0694. The molecule has 2 nitrogen and oxygen atoms in total. The molecule has 0 aromatic rings. The standard InChI is InChI=1S/C7H11NO/c9-6-2-1-3-7(6)4-5-8-7/h1-2,6,8-9H,3-5H2/t6-,7+/m0/s1. The Labute approximate surface area is 54.6 Å². The van der Waals surface area contributed by atoms with Crippen molar-refractivity contribution in [3.05, 3.63) is 12.2 Å². The van der Waals surface area contributed by atoms with E-state index in [-0.39, 0.29) is 11.6 Å². The Bertz CT molecular complexity index is 149. The minimum absolute atomic E-state index is 0.0694. The predicted molar refractivity (Wildman–Crippen MR) is 35.1 cm³/mol. The van der Waals surface area contributed by atoms with Gasteiger partial charge in [0.2, 0.25) is 0 Å². The van der Waals surface area contributed by atoms with E-state index in [4.69, 9.17) is 0 Å². The van der Waals surface area contributed by atoms with Gasteiger partial charge in [-0.2, -0.15) is 0 Å². The molecular formula is C7H11NO. The van der Waals surface area contributed by atoms with Gasteiger partial charge in [0, 0.05) is 0 Å². The molecule has 0 radical (unpaired) electrons. The Balaban J connectivity index is 2.13. The van der Waals surface area contributed by atoms with E-state index in [2.05, 4.69) is 11.4 Å². The van der Waals surface area contributed by atoms with Crippen molar-refractivity contribution < 1.29 is 5.11 Å². The van der Waals surface area contributed by atoms with E-state index in [0.717, 1.165) is 19.4 Å². The van der Waals surface area contributed by atoms with Gasteiger partial charge in [-0.1, -0.05) is 12.2 Å². The van der Waals surface area contributed by atoms with Gasteiger partial charge >= 0.3 is 0 Å². The lowest BCUT2D eigenvalue weighted by molar-refractivity contribution is 0.0609. The molecule has 2 rings (SSSR count). The van der Waals surface area contributed by atoms with Crippen molar-refractivity contribution in [1.82, 2.24) is 5.32 Å². The van der Waals surface area contributed by atoms with Crippen LogP contribution in [0.3, 0.4) is 0 Å². The Morgan fingerprint density at radius 3 is 2.67 bits per heavy atom. The Morgan fingerprint density at radius 2 is 2.44 bits per heavy atom. The zero-order valence-electron chi connectivity index (χ0n) is 5.30. The van der Waals surface area contributed by atoms with Gasteiger partial charge in [0.1, 0.15) is 0 Å². The van der Waals surface area contributed by atoms with E-state index >= 15 is 0 Å². The van der Waals surface area contributed by atoms with Gasteiger partial charge < -0.3 is 10.4 Å². The Kier molecular flexibility index (Phi) is 0.957. The molecule has 1 aliphatic heterocycles. The van der Waals surface area contributed by atoms with Crippen molar-refractivity contribution in [3.8, 4) is 0 Å². The summed E-state index contributed by atoms with van der Waals surface area (Å²) < 4.78 is 0. The third kappa shape index (κ3) is 0.575. The van der Waals surface area contributed by atoms with Crippen LogP contribution < -0.4 is 5.32 Å². The van der Waals surface area contributed by atoms with E-state index in [0.29, 0.717) is 0 Å². The lowest BCUT2D eigenvalue weighted by Crippen LogP contribution is -2.61. The summed E-state index contributed by atoms with van der Waals surface area (Å²) in [7, 11) is 0. The highest BCUT2D eigenvalue weighted by molar-refractivity contribution is 5.18. The maximum Gasteiger partial charge on any atom is 0.0906 e. The van der Waals surface area contributed by atoms with Crippen molar-refractivity contribution in [2.75, 3.05) is 6.54 Å². The van der Waals surface area contributed by atoms with Gasteiger partial charge in [-0.3, -0.25) is 0 Å². The molecule has 1 heterocycles. The fourth-order valence-corrected chi connectivity index (χ4v) is 1.58. The molecule has 2 atom stereocenters. The quantitative estimate of drug-likeness (QED) is 0.448. The summed E-state index contributed by atoms with van der Waals surface area (Å²) in [6.45, 7) is 1.07. The monoisotopic (exact) mass is 125 g/mol. The first-order chi connectivity index (χ1) is 4.33. The van der Waals surface area contributed by atoms with Crippen molar-refractivity contribution in [1.29, 1.82) is 0 Å². The highest BCUT2D eigenvalue weighted by Crippen LogP contribution is 2.32. The molecule has 0 bridgehead atoms. The first kappa shape index (κ1) is 5.45. The van der Waals surface area contributed by atoms with Crippen LogP contribution in [-0.4, -0.2) is 23.3 Å². The molecule has 2 aliphatic rings. The lowest BCUT2D eigenvalue weighted by atomic mass is 9.84. The third-order valence-corrected chi connectivity index (χ3v) is 2.41. The van der Waals surface area contributed by atoms with Crippen molar-refractivity contribution in [2.24, 2.45) is 0 Å². The molecule has 0 saturated carbocycles.